The van der Waals surface area contributed by atoms with Gasteiger partial charge in [-0.2, -0.15) is 4.31 Å². The molecule has 0 N–H and O–H groups in total. The number of sulfonamides is 1. The van der Waals surface area contributed by atoms with E-state index in [2.05, 4.69) is 0 Å². The standard InChI is InChI=1S/C19H25NO5S/c1-6-25-16-7-9-17(10-8-16)26(21,22)20(3)13-15-12-19(24-5)18(23-4)11-14(15)2/h7-12H,6,13H2,1-5H3. The Morgan fingerprint density at radius 3 is 2.12 bits per heavy atom. The van der Waals surface area contributed by atoms with E-state index in [9.17, 15) is 8.42 Å². The summed E-state index contributed by atoms with van der Waals surface area (Å²) in [6.07, 6.45) is 0. The molecule has 0 radical (unpaired) electrons. The van der Waals surface area contributed by atoms with E-state index in [0.29, 0.717) is 23.9 Å². The molecular weight excluding hydrogens is 354 g/mol. The first-order chi connectivity index (χ1) is 12.3. The smallest absolute Gasteiger partial charge is 0.243 e. The maximum Gasteiger partial charge on any atom is 0.243 e. The van der Waals surface area contributed by atoms with Crippen molar-refractivity contribution in [2.24, 2.45) is 0 Å². The van der Waals surface area contributed by atoms with Gasteiger partial charge in [0.25, 0.3) is 0 Å². The second kappa shape index (κ2) is 8.42. The van der Waals surface area contributed by atoms with Crippen LogP contribution in [0.3, 0.4) is 0 Å². The number of hydrogen-bond donors (Lipinski definition) is 0. The predicted molar refractivity (Wildman–Crippen MR) is 101 cm³/mol. The number of hydrogen-bond acceptors (Lipinski definition) is 5. The maximum atomic E-state index is 12.8. The van der Waals surface area contributed by atoms with Crippen molar-refractivity contribution in [3.8, 4) is 17.2 Å². The topological polar surface area (TPSA) is 65.1 Å². The molecule has 2 rings (SSSR count). The average Bonchev–Trinajstić information content (AvgIpc) is 2.63. The summed E-state index contributed by atoms with van der Waals surface area (Å²) in [6.45, 7) is 4.55. The largest absolute Gasteiger partial charge is 0.494 e. The summed E-state index contributed by atoms with van der Waals surface area (Å²) in [5.74, 6) is 1.83. The maximum absolute atomic E-state index is 12.8. The molecule has 6 nitrogen and oxygen atoms in total. The first-order valence-electron chi connectivity index (χ1n) is 8.24. The molecule has 0 saturated heterocycles. The van der Waals surface area contributed by atoms with Crippen molar-refractivity contribution in [3.63, 3.8) is 0 Å². The molecule has 0 spiro atoms. The van der Waals surface area contributed by atoms with Gasteiger partial charge >= 0.3 is 0 Å². The summed E-state index contributed by atoms with van der Waals surface area (Å²) < 4.78 is 42.9. The Labute approximate surface area is 155 Å². The minimum atomic E-state index is -3.62. The van der Waals surface area contributed by atoms with Gasteiger partial charge in [-0.15, -0.1) is 0 Å². The normalized spacial score (nSPS) is 11.5. The van der Waals surface area contributed by atoms with E-state index in [1.54, 1.807) is 51.6 Å². The van der Waals surface area contributed by atoms with Gasteiger partial charge in [-0.1, -0.05) is 0 Å². The van der Waals surface area contributed by atoms with Gasteiger partial charge in [-0.25, -0.2) is 8.42 Å². The molecule has 0 aliphatic carbocycles. The van der Waals surface area contributed by atoms with Gasteiger partial charge in [0.15, 0.2) is 11.5 Å². The summed E-state index contributed by atoms with van der Waals surface area (Å²) >= 11 is 0. The Morgan fingerprint density at radius 1 is 1.00 bits per heavy atom. The highest BCUT2D eigenvalue weighted by Gasteiger charge is 2.22. The van der Waals surface area contributed by atoms with Crippen LogP contribution in [0.25, 0.3) is 0 Å². The highest BCUT2D eigenvalue weighted by atomic mass is 32.2. The van der Waals surface area contributed by atoms with E-state index in [4.69, 9.17) is 14.2 Å². The molecular formula is C19H25NO5S. The molecule has 142 valence electrons. The van der Waals surface area contributed by atoms with Gasteiger partial charge in [0, 0.05) is 13.6 Å². The Balaban J connectivity index is 2.26. The molecule has 26 heavy (non-hydrogen) atoms. The minimum Gasteiger partial charge on any atom is -0.494 e. The lowest BCUT2D eigenvalue weighted by Gasteiger charge is -2.20. The molecule has 0 amide bonds. The number of rotatable bonds is 8. The van der Waals surface area contributed by atoms with Crippen LogP contribution in [0.4, 0.5) is 0 Å². The van der Waals surface area contributed by atoms with Gasteiger partial charge in [0.2, 0.25) is 10.0 Å². The molecule has 0 bridgehead atoms. The van der Waals surface area contributed by atoms with Crippen LogP contribution in [0.5, 0.6) is 17.2 Å². The molecule has 0 unspecified atom stereocenters. The van der Waals surface area contributed by atoms with Crippen LogP contribution in [-0.4, -0.2) is 40.6 Å². The summed E-state index contributed by atoms with van der Waals surface area (Å²) in [5, 5.41) is 0. The average molecular weight is 379 g/mol. The molecule has 2 aromatic carbocycles. The highest BCUT2D eigenvalue weighted by Crippen LogP contribution is 2.31. The van der Waals surface area contributed by atoms with E-state index in [-0.39, 0.29) is 11.4 Å². The molecule has 0 heterocycles. The first-order valence-corrected chi connectivity index (χ1v) is 9.68. The van der Waals surface area contributed by atoms with Crippen LogP contribution in [0.1, 0.15) is 18.1 Å². The zero-order valence-corrected chi connectivity index (χ0v) is 16.6. The summed E-state index contributed by atoms with van der Waals surface area (Å²) in [5.41, 5.74) is 1.77. The van der Waals surface area contributed by atoms with Crippen molar-refractivity contribution in [1.82, 2.24) is 4.31 Å². The summed E-state index contributed by atoms with van der Waals surface area (Å²) in [7, 11) is 1.06. The minimum absolute atomic E-state index is 0.224. The van der Waals surface area contributed by atoms with Crippen molar-refractivity contribution < 1.29 is 22.6 Å². The van der Waals surface area contributed by atoms with Gasteiger partial charge in [-0.3, -0.25) is 0 Å². The lowest BCUT2D eigenvalue weighted by Crippen LogP contribution is -2.26. The van der Waals surface area contributed by atoms with Crippen molar-refractivity contribution in [2.75, 3.05) is 27.9 Å². The van der Waals surface area contributed by atoms with Crippen LogP contribution < -0.4 is 14.2 Å². The molecule has 0 saturated carbocycles. The Bertz CT molecular complexity index is 847. The van der Waals surface area contributed by atoms with Crippen LogP contribution in [-0.2, 0) is 16.6 Å². The number of nitrogens with zero attached hydrogens (tertiary/aromatic N) is 1. The summed E-state index contributed by atoms with van der Waals surface area (Å²) in [6, 6.07) is 10.1. The fraction of sp³-hybridized carbons (Fsp3) is 0.368. The molecule has 0 aliphatic rings. The molecule has 0 aromatic heterocycles. The van der Waals surface area contributed by atoms with Gasteiger partial charge in [0.05, 0.1) is 25.7 Å². The van der Waals surface area contributed by atoms with E-state index < -0.39 is 10.0 Å². The molecule has 0 aliphatic heterocycles. The Morgan fingerprint density at radius 2 is 1.58 bits per heavy atom. The predicted octanol–water partition coefficient (Wildman–Crippen LogP) is 3.23. The van der Waals surface area contributed by atoms with Gasteiger partial charge in [-0.05, 0) is 61.4 Å². The van der Waals surface area contributed by atoms with Crippen LogP contribution >= 0.6 is 0 Å². The van der Waals surface area contributed by atoms with E-state index in [0.717, 1.165) is 11.1 Å². The summed E-state index contributed by atoms with van der Waals surface area (Å²) in [4.78, 5) is 0.224. The van der Waals surface area contributed by atoms with Crippen LogP contribution in [0.2, 0.25) is 0 Å². The fourth-order valence-corrected chi connectivity index (χ4v) is 3.72. The lowest BCUT2D eigenvalue weighted by molar-refractivity contribution is 0.340. The number of aryl methyl sites for hydroxylation is 1. The molecule has 7 heteroatoms. The zero-order valence-electron chi connectivity index (χ0n) is 15.8. The van der Waals surface area contributed by atoms with E-state index >= 15 is 0 Å². The third-order valence-electron chi connectivity index (χ3n) is 4.08. The number of ether oxygens (including phenoxy) is 3. The highest BCUT2D eigenvalue weighted by molar-refractivity contribution is 7.89. The third kappa shape index (κ3) is 4.28. The number of benzene rings is 2. The Hall–Kier alpha value is -2.25. The van der Waals surface area contributed by atoms with Crippen molar-refractivity contribution in [3.05, 3.63) is 47.5 Å². The SMILES string of the molecule is CCOc1ccc(S(=O)(=O)N(C)Cc2cc(OC)c(OC)cc2C)cc1. The van der Waals surface area contributed by atoms with Gasteiger partial charge < -0.3 is 14.2 Å². The van der Waals surface area contributed by atoms with Crippen molar-refractivity contribution in [1.29, 1.82) is 0 Å². The first kappa shape index (κ1) is 20.1. The Kier molecular flexibility index (Phi) is 6.50. The second-order valence-corrected chi connectivity index (χ2v) is 7.84. The van der Waals surface area contributed by atoms with Gasteiger partial charge in [0.1, 0.15) is 5.75 Å². The fourth-order valence-electron chi connectivity index (χ4n) is 2.57. The quantitative estimate of drug-likeness (QED) is 0.705. The van der Waals surface area contributed by atoms with Crippen LogP contribution in [0.15, 0.2) is 41.3 Å². The molecule has 2 aromatic rings. The molecule has 0 atom stereocenters. The monoisotopic (exact) mass is 379 g/mol. The second-order valence-electron chi connectivity index (χ2n) is 5.80. The number of methoxy groups -OCH3 is 2. The lowest BCUT2D eigenvalue weighted by atomic mass is 10.1. The molecule has 0 fully saturated rings. The van der Waals surface area contributed by atoms with Crippen molar-refractivity contribution in [2.45, 2.75) is 25.3 Å². The third-order valence-corrected chi connectivity index (χ3v) is 5.90. The van der Waals surface area contributed by atoms with E-state index in [1.165, 1.54) is 4.31 Å². The van der Waals surface area contributed by atoms with Crippen molar-refractivity contribution >= 4 is 10.0 Å². The van der Waals surface area contributed by atoms with E-state index in [1.807, 2.05) is 19.9 Å². The van der Waals surface area contributed by atoms with Crippen LogP contribution in [0, 0.1) is 6.92 Å². The zero-order chi connectivity index (χ0) is 19.3.